The average molecular weight is 237 g/mol. The van der Waals surface area contributed by atoms with E-state index in [1.165, 1.54) is 25.7 Å². The van der Waals surface area contributed by atoms with E-state index in [9.17, 15) is 4.79 Å². The van der Waals surface area contributed by atoms with Crippen LogP contribution in [-0.2, 0) is 4.79 Å². The Bertz CT molecular complexity index is 260. The maximum Gasteiger partial charge on any atom is 0.137 e. The Balaban J connectivity index is 1.85. The second kappa shape index (κ2) is 5.99. The molecule has 17 heavy (non-hydrogen) atoms. The van der Waals surface area contributed by atoms with Crippen molar-refractivity contribution in [1.29, 1.82) is 0 Å². The van der Waals surface area contributed by atoms with E-state index < -0.39 is 0 Å². The van der Waals surface area contributed by atoms with E-state index >= 15 is 0 Å². The third-order valence-electron chi connectivity index (χ3n) is 4.49. The molecule has 0 saturated heterocycles. The van der Waals surface area contributed by atoms with Crippen molar-refractivity contribution < 1.29 is 4.79 Å². The van der Waals surface area contributed by atoms with E-state index in [-0.39, 0.29) is 0 Å². The van der Waals surface area contributed by atoms with E-state index in [1.54, 1.807) is 0 Å². The average Bonchev–Trinajstić information content (AvgIpc) is 3.14. The monoisotopic (exact) mass is 237 g/mol. The Morgan fingerprint density at radius 2 is 2.00 bits per heavy atom. The summed E-state index contributed by atoms with van der Waals surface area (Å²) < 4.78 is 0. The van der Waals surface area contributed by atoms with Gasteiger partial charge in [0.2, 0.25) is 0 Å². The summed E-state index contributed by atoms with van der Waals surface area (Å²) in [6.07, 6.45) is 8.46. The predicted octanol–water partition coefficient (Wildman–Crippen LogP) is 3.26. The van der Waals surface area contributed by atoms with Gasteiger partial charge in [0.25, 0.3) is 0 Å². The summed E-state index contributed by atoms with van der Waals surface area (Å²) in [5.41, 5.74) is 0. The van der Waals surface area contributed by atoms with Gasteiger partial charge in [0.05, 0.1) is 0 Å². The molecule has 2 aliphatic carbocycles. The van der Waals surface area contributed by atoms with Crippen molar-refractivity contribution in [2.24, 2.45) is 11.8 Å². The van der Waals surface area contributed by atoms with Gasteiger partial charge in [0.1, 0.15) is 5.78 Å². The van der Waals surface area contributed by atoms with Crippen molar-refractivity contribution in [3.8, 4) is 0 Å². The van der Waals surface area contributed by atoms with Gasteiger partial charge >= 0.3 is 0 Å². The van der Waals surface area contributed by atoms with Crippen LogP contribution >= 0.6 is 0 Å². The molecule has 0 radical (unpaired) electrons. The Kier molecular flexibility index (Phi) is 4.61. The van der Waals surface area contributed by atoms with Gasteiger partial charge < -0.3 is 0 Å². The molecular formula is C15H27NO. The van der Waals surface area contributed by atoms with Crippen LogP contribution in [0.5, 0.6) is 0 Å². The lowest BCUT2D eigenvalue weighted by Crippen LogP contribution is -2.37. The van der Waals surface area contributed by atoms with Gasteiger partial charge in [-0.05, 0) is 38.1 Å². The Hall–Kier alpha value is -0.370. The molecule has 0 spiro atoms. The molecule has 2 fully saturated rings. The fraction of sp³-hybridized carbons (Fsp3) is 0.933. The summed E-state index contributed by atoms with van der Waals surface area (Å²) >= 11 is 0. The maximum absolute atomic E-state index is 12.0. The zero-order chi connectivity index (χ0) is 12.3. The third kappa shape index (κ3) is 3.54. The topological polar surface area (TPSA) is 20.3 Å². The van der Waals surface area contributed by atoms with Crippen LogP contribution in [-0.4, -0.2) is 29.8 Å². The maximum atomic E-state index is 12.0. The number of nitrogens with zero attached hydrogens (tertiary/aromatic N) is 1. The van der Waals surface area contributed by atoms with Gasteiger partial charge in [-0.1, -0.05) is 26.7 Å². The number of Topliss-reactive ketones (excluding diaryl/α,β-unsaturated/α-hetero) is 1. The zero-order valence-electron chi connectivity index (χ0n) is 11.5. The molecule has 2 rings (SSSR count). The molecule has 0 bridgehead atoms. The van der Waals surface area contributed by atoms with Crippen molar-refractivity contribution >= 4 is 5.78 Å². The van der Waals surface area contributed by atoms with E-state index in [0.29, 0.717) is 11.7 Å². The van der Waals surface area contributed by atoms with E-state index in [1.807, 2.05) is 0 Å². The highest BCUT2D eigenvalue weighted by Crippen LogP contribution is 2.33. The van der Waals surface area contributed by atoms with Crippen molar-refractivity contribution in [2.45, 2.75) is 64.8 Å². The first-order valence-corrected chi connectivity index (χ1v) is 7.51. The van der Waals surface area contributed by atoms with Gasteiger partial charge in [-0.2, -0.15) is 0 Å². The number of carbonyl (C=O) groups is 1. The van der Waals surface area contributed by atoms with Crippen molar-refractivity contribution in [3.05, 3.63) is 0 Å². The van der Waals surface area contributed by atoms with E-state index in [0.717, 1.165) is 44.3 Å². The lowest BCUT2D eigenvalue weighted by Gasteiger charge is -2.32. The molecular weight excluding hydrogens is 210 g/mol. The smallest absolute Gasteiger partial charge is 0.137 e. The van der Waals surface area contributed by atoms with Gasteiger partial charge in [0.15, 0.2) is 0 Å². The molecule has 0 heterocycles. The highest BCUT2D eigenvalue weighted by atomic mass is 16.1. The van der Waals surface area contributed by atoms with E-state index in [4.69, 9.17) is 0 Å². The molecule has 2 aliphatic rings. The van der Waals surface area contributed by atoms with Crippen LogP contribution in [0.2, 0.25) is 0 Å². The first-order chi connectivity index (χ1) is 8.24. The molecule has 0 aromatic rings. The van der Waals surface area contributed by atoms with Gasteiger partial charge in [0, 0.05) is 24.9 Å². The summed E-state index contributed by atoms with van der Waals surface area (Å²) in [6, 6.07) is 0.805. The molecule has 0 amide bonds. The Morgan fingerprint density at radius 3 is 2.59 bits per heavy atom. The van der Waals surface area contributed by atoms with E-state index in [2.05, 4.69) is 18.7 Å². The van der Waals surface area contributed by atoms with Gasteiger partial charge in [-0.25, -0.2) is 0 Å². The number of carbonyl (C=O) groups excluding carboxylic acids is 1. The molecule has 2 saturated carbocycles. The number of hydrogen-bond acceptors (Lipinski definition) is 2. The second-order valence-electron chi connectivity index (χ2n) is 5.91. The summed E-state index contributed by atoms with van der Waals surface area (Å²) in [5.74, 6) is 1.71. The van der Waals surface area contributed by atoms with Crippen molar-refractivity contribution in [2.75, 3.05) is 13.1 Å². The number of hydrogen-bond donors (Lipinski definition) is 0. The minimum absolute atomic E-state index is 0.348. The first kappa shape index (κ1) is 13.1. The lowest BCUT2D eigenvalue weighted by atomic mass is 9.78. The molecule has 2 unspecified atom stereocenters. The molecule has 0 aromatic carbocycles. The standard InChI is InChI=1S/C15H27NO/c1-3-5-12-6-9-15(17)13(10-12)11-16(4-2)14-7-8-14/h12-14H,3-11H2,1-2H3. The van der Waals surface area contributed by atoms with Crippen LogP contribution < -0.4 is 0 Å². The largest absolute Gasteiger partial charge is 0.300 e. The molecule has 2 nitrogen and oxygen atoms in total. The van der Waals surface area contributed by atoms with Gasteiger partial charge in [-0.3, -0.25) is 9.69 Å². The molecule has 2 atom stereocenters. The highest BCUT2D eigenvalue weighted by Gasteiger charge is 2.34. The third-order valence-corrected chi connectivity index (χ3v) is 4.49. The fourth-order valence-corrected chi connectivity index (χ4v) is 3.31. The predicted molar refractivity (Wildman–Crippen MR) is 71.0 cm³/mol. The zero-order valence-corrected chi connectivity index (χ0v) is 11.5. The van der Waals surface area contributed by atoms with Crippen LogP contribution in [0.1, 0.15) is 58.8 Å². The lowest BCUT2D eigenvalue weighted by molar-refractivity contribution is -0.126. The van der Waals surface area contributed by atoms with Crippen LogP contribution in [0.15, 0.2) is 0 Å². The second-order valence-corrected chi connectivity index (χ2v) is 5.91. The van der Waals surface area contributed by atoms with Crippen LogP contribution in [0.4, 0.5) is 0 Å². The fourth-order valence-electron chi connectivity index (χ4n) is 3.31. The molecule has 0 aromatic heterocycles. The molecule has 98 valence electrons. The van der Waals surface area contributed by atoms with Crippen LogP contribution in [0.3, 0.4) is 0 Å². The minimum Gasteiger partial charge on any atom is -0.300 e. The van der Waals surface area contributed by atoms with Gasteiger partial charge in [-0.15, -0.1) is 0 Å². The minimum atomic E-state index is 0.348. The van der Waals surface area contributed by atoms with Crippen molar-refractivity contribution in [1.82, 2.24) is 4.90 Å². The first-order valence-electron chi connectivity index (χ1n) is 7.51. The Labute approximate surface area is 106 Å². The Morgan fingerprint density at radius 1 is 1.24 bits per heavy atom. The molecule has 2 heteroatoms. The summed E-state index contributed by atoms with van der Waals surface area (Å²) in [4.78, 5) is 14.6. The molecule has 0 N–H and O–H groups in total. The SMILES string of the molecule is CCCC1CCC(=O)C(CN(CC)C2CC2)C1. The highest BCUT2D eigenvalue weighted by molar-refractivity contribution is 5.82. The van der Waals surface area contributed by atoms with Crippen LogP contribution in [0.25, 0.3) is 0 Å². The summed E-state index contributed by atoms with van der Waals surface area (Å²) in [6.45, 7) is 6.65. The van der Waals surface area contributed by atoms with Crippen molar-refractivity contribution in [3.63, 3.8) is 0 Å². The number of ketones is 1. The summed E-state index contributed by atoms with van der Waals surface area (Å²) in [7, 11) is 0. The molecule has 0 aliphatic heterocycles. The quantitative estimate of drug-likeness (QED) is 0.707. The van der Waals surface area contributed by atoms with Crippen LogP contribution in [0, 0.1) is 11.8 Å². The normalized spacial score (nSPS) is 29.9. The summed E-state index contributed by atoms with van der Waals surface area (Å²) in [5, 5.41) is 0. The number of rotatable bonds is 6.